The van der Waals surface area contributed by atoms with Crippen LogP contribution in [-0.4, -0.2) is 84.1 Å². The molecule has 2 fully saturated rings. The van der Waals surface area contributed by atoms with E-state index in [4.69, 9.17) is 14.2 Å². The fourth-order valence-corrected chi connectivity index (χ4v) is 6.65. The number of aliphatic hydroxyl groups is 1. The number of fused-ring (bicyclic) bond motifs is 3. The van der Waals surface area contributed by atoms with Crippen LogP contribution < -0.4 is 14.2 Å². The van der Waals surface area contributed by atoms with Crippen LogP contribution in [0.5, 0.6) is 23.0 Å². The maximum absolute atomic E-state index is 13.9. The number of phenolic OH excluding ortho intramolecular Hbond substituents is 1. The smallest absolute Gasteiger partial charge is 0.325 e. The summed E-state index contributed by atoms with van der Waals surface area (Å²) in [5, 5.41) is 20.9. The van der Waals surface area contributed by atoms with Gasteiger partial charge in [0.25, 0.3) is 0 Å². The number of carbonyl (C=O) groups excluding carboxylic acids is 1. The second-order valence-electron chi connectivity index (χ2n) is 11.2. The Bertz CT molecular complexity index is 1260. The van der Waals surface area contributed by atoms with Gasteiger partial charge in [-0.1, -0.05) is 19.9 Å². The Morgan fingerprint density at radius 1 is 0.923 bits per heavy atom. The fraction of sp³-hybridized carbons (Fsp3) is 0.500. The number of hydrogen-bond acceptors (Lipinski definition) is 7. The van der Waals surface area contributed by atoms with E-state index in [0.717, 1.165) is 66.4 Å². The number of rotatable bonds is 7. The average Bonchev–Trinajstić information content (AvgIpc) is 3.02. The van der Waals surface area contributed by atoms with E-state index in [2.05, 4.69) is 24.8 Å². The van der Waals surface area contributed by atoms with Crippen LogP contribution in [0.1, 0.15) is 43.4 Å². The molecule has 2 aromatic rings. The molecule has 2 amide bonds. The van der Waals surface area contributed by atoms with Crippen LogP contribution in [0.25, 0.3) is 0 Å². The van der Waals surface area contributed by atoms with Gasteiger partial charge in [0.1, 0.15) is 23.0 Å². The van der Waals surface area contributed by atoms with Gasteiger partial charge in [-0.3, -0.25) is 9.80 Å². The second kappa shape index (κ2) is 10.3. The minimum Gasteiger partial charge on any atom is -0.507 e. The molecule has 2 N–H and O–H groups in total. The largest absolute Gasteiger partial charge is 0.507 e. The lowest BCUT2D eigenvalue weighted by molar-refractivity contribution is 0.0744. The van der Waals surface area contributed by atoms with Gasteiger partial charge in [0.15, 0.2) is 0 Å². The minimum atomic E-state index is -0.526. The lowest BCUT2D eigenvalue weighted by Gasteiger charge is -2.45. The first kappa shape index (κ1) is 27.1. The molecule has 2 saturated heterocycles. The number of methoxy groups -OCH3 is 3. The zero-order chi connectivity index (χ0) is 27.9. The third-order valence-electron chi connectivity index (χ3n) is 8.45. The summed E-state index contributed by atoms with van der Waals surface area (Å²) in [6.07, 6.45) is 3.64. The lowest BCUT2D eigenvalue weighted by atomic mass is 9.77. The van der Waals surface area contributed by atoms with Crippen LogP contribution in [0.15, 0.2) is 42.1 Å². The van der Waals surface area contributed by atoms with Gasteiger partial charge in [-0.15, -0.1) is 0 Å². The Labute approximate surface area is 230 Å². The van der Waals surface area contributed by atoms with Crippen LogP contribution in [0.4, 0.5) is 4.79 Å². The Kier molecular flexibility index (Phi) is 7.15. The van der Waals surface area contributed by atoms with Gasteiger partial charge in [0.05, 0.1) is 40.0 Å². The number of benzene rings is 2. The highest BCUT2D eigenvalue weighted by atomic mass is 16.5. The van der Waals surface area contributed by atoms with Crippen molar-refractivity contribution in [2.75, 3.05) is 47.6 Å². The molecule has 0 aliphatic carbocycles. The Morgan fingerprint density at radius 2 is 1.54 bits per heavy atom. The number of amides is 2. The summed E-state index contributed by atoms with van der Waals surface area (Å²) in [5.41, 5.74) is 2.69. The standard InChI is InChI=1S/C30H39N3O6/c1-29(2)17-26-30(6-8-31(9-7-30)18-20-12-22(37-3)15-23(13-20)38-4)33(10-11-34)28(36)32(26)19-21-14-24(39-5)16-25(35)27(21)29/h12-17,34-35H,6-11,18-19H2,1-5H3. The van der Waals surface area contributed by atoms with Crippen LogP contribution in [0.3, 0.4) is 0 Å². The van der Waals surface area contributed by atoms with Gasteiger partial charge in [0, 0.05) is 55.0 Å². The molecule has 210 valence electrons. The molecule has 1 spiro atoms. The van der Waals surface area contributed by atoms with E-state index >= 15 is 0 Å². The summed E-state index contributed by atoms with van der Waals surface area (Å²) < 4.78 is 16.3. The molecule has 0 bridgehead atoms. The van der Waals surface area contributed by atoms with E-state index < -0.39 is 11.0 Å². The van der Waals surface area contributed by atoms with Crippen LogP contribution in [0.2, 0.25) is 0 Å². The van der Waals surface area contributed by atoms with E-state index in [9.17, 15) is 15.0 Å². The highest BCUT2D eigenvalue weighted by Gasteiger charge is 2.56. The summed E-state index contributed by atoms with van der Waals surface area (Å²) in [6, 6.07) is 9.36. The first-order chi connectivity index (χ1) is 18.6. The predicted octanol–water partition coefficient (Wildman–Crippen LogP) is 3.86. The molecule has 9 heteroatoms. The molecule has 0 atom stereocenters. The third-order valence-corrected chi connectivity index (χ3v) is 8.45. The van der Waals surface area contributed by atoms with Crippen molar-refractivity contribution in [2.45, 2.75) is 50.7 Å². The first-order valence-electron chi connectivity index (χ1n) is 13.4. The normalized spacial score (nSPS) is 19.8. The molecule has 39 heavy (non-hydrogen) atoms. The number of piperidine rings is 1. The van der Waals surface area contributed by atoms with E-state index in [1.54, 1.807) is 27.4 Å². The zero-order valence-electron chi connectivity index (χ0n) is 23.5. The van der Waals surface area contributed by atoms with Crippen molar-refractivity contribution >= 4 is 6.03 Å². The van der Waals surface area contributed by atoms with E-state index in [1.807, 2.05) is 34.1 Å². The molecule has 3 aliphatic heterocycles. The topological polar surface area (TPSA) is 94.9 Å². The Balaban J connectivity index is 1.47. The number of urea groups is 1. The van der Waals surface area contributed by atoms with E-state index in [0.29, 0.717) is 12.3 Å². The Hall–Kier alpha value is -3.43. The summed E-state index contributed by atoms with van der Waals surface area (Å²) in [5.74, 6) is 2.25. The second-order valence-corrected chi connectivity index (χ2v) is 11.2. The highest BCUT2D eigenvalue weighted by Crippen LogP contribution is 2.50. The molecule has 3 aliphatic rings. The van der Waals surface area contributed by atoms with Crippen molar-refractivity contribution in [3.8, 4) is 23.0 Å². The summed E-state index contributed by atoms with van der Waals surface area (Å²) in [7, 11) is 4.87. The number of phenols is 1. The Morgan fingerprint density at radius 3 is 2.13 bits per heavy atom. The number of aliphatic hydroxyl groups excluding tert-OH is 1. The predicted molar refractivity (Wildman–Crippen MR) is 147 cm³/mol. The maximum Gasteiger partial charge on any atom is 0.325 e. The number of β-amino-alcohol motifs (C(OH)–C–C–N with tert-alkyl or cyclic N) is 1. The fourth-order valence-electron chi connectivity index (χ4n) is 6.65. The summed E-state index contributed by atoms with van der Waals surface area (Å²) >= 11 is 0. The SMILES string of the molecule is COc1cc(CN2CCC3(CC2)C2=CC(C)(C)c4c(O)cc(OC)cc4CN2C(=O)N3CCO)cc(OC)c1. The van der Waals surface area contributed by atoms with Crippen molar-refractivity contribution in [1.29, 1.82) is 0 Å². The molecule has 0 unspecified atom stereocenters. The van der Waals surface area contributed by atoms with Crippen molar-refractivity contribution in [3.63, 3.8) is 0 Å². The lowest BCUT2D eigenvalue weighted by Crippen LogP contribution is -2.54. The van der Waals surface area contributed by atoms with Gasteiger partial charge in [-0.2, -0.15) is 0 Å². The third kappa shape index (κ3) is 4.67. The van der Waals surface area contributed by atoms with Gasteiger partial charge in [0.2, 0.25) is 0 Å². The molecule has 0 radical (unpaired) electrons. The number of likely N-dealkylation sites (tertiary alicyclic amines) is 1. The summed E-state index contributed by atoms with van der Waals surface area (Å²) in [6.45, 7) is 6.97. The zero-order valence-corrected chi connectivity index (χ0v) is 23.5. The van der Waals surface area contributed by atoms with Crippen LogP contribution >= 0.6 is 0 Å². The highest BCUT2D eigenvalue weighted by molar-refractivity contribution is 5.83. The van der Waals surface area contributed by atoms with Crippen LogP contribution in [-0.2, 0) is 18.5 Å². The van der Waals surface area contributed by atoms with Crippen molar-refractivity contribution in [1.82, 2.24) is 14.7 Å². The molecular formula is C30H39N3O6. The molecule has 0 saturated carbocycles. The van der Waals surface area contributed by atoms with Gasteiger partial charge in [-0.25, -0.2) is 4.79 Å². The molecule has 5 rings (SSSR count). The number of ether oxygens (including phenoxy) is 3. The van der Waals surface area contributed by atoms with Crippen molar-refractivity contribution in [2.24, 2.45) is 0 Å². The average molecular weight is 538 g/mol. The minimum absolute atomic E-state index is 0.101. The monoisotopic (exact) mass is 537 g/mol. The molecule has 3 heterocycles. The summed E-state index contributed by atoms with van der Waals surface area (Å²) in [4.78, 5) is 20.0. The first-order valence-corrected chi connectivity index (χ1v) is 13.4. The molecular weight excluding hydrogens is 498 g/mol. The maximum atomic E-state index is 13.9. The molecule has 2 aromatic carbocycles. The van der Waals surface area contributed by atoms with Crippen molar-refractivity contribution < 1.29 is 29.2 Å². The van der Waals surface area contributed by atoms with Gasteiger partial charge in [-0.05, 0) is 42.2 Å². The van der Waals surface area contributed by atoms with Gasteiger partial charge < -0.3 is 29.3 Å². The number of hydrogen-bond donors (Lipinski definition) is 2. The number of carbonyl (C=O) groups is 1. The molecule has 0 aromatic heterocycles. The van der Waals surface area contributed by atoms with Crippen molar-refractivity contribution in [3.05, 3.63) is 58.8 Å². The van der Waals surface area contributed by atoms with Crippen LogP contribution in [0, 0.1) is 0 Å². The van der Waals surface area contributed by atoms with E-state index in [-0.39, 0.29) is 24.9 Å². The number of aromatic hydroxyl groups is 1. The number of allylic oxidation sites excluding steroid dienone is 1. The quantitative estimate of drug-likeness (QED) is 0.554. The van der Waals surface area contributed by atoms with Gasteiger partial charge >= 0.3 is 6.03 Å². The number of nitrogens with zero attached hydrogens (tertiary/aromatic N) is 3. The van der Waals surface area contributed by atoms with E-state index in [1.165, 1.54) is 0 Å². The molecule has 9 nitrogen and oxygen atoms in total.